The number of hydrogen-bond acceptors (Lipinski definition) is 3. The second-order valence-electron chi connectivity index (χ2n) is 4.28. The monoisotopic (exact) mass is 224 g/mol. The van der Waals surface area contributed by atoms with E-state index < -0.39 is 0 Å². The zero-order chi connectivity index (χ0) is 10.7. The number of amides is 1. The van der Waals surface area contributed by atoms with Crippen LogP contribution in [0.15, 0.2) is 16.8 Å². The second kappa shape index (κ2) is 4.33. The standard InChI is InChI=1S/C11H16N2OS/c1-11(3-5-12-6-4-11)13-10(14)9-2-7-15-8-9/h2,7-8,12H,3-6H2,1H3,(H,13,14). The molecule has 0 aliphatic carbocycles. The molecular formula is C11H16N2OS. The van der Waals surface area contributed by atoms with E-state index in [0.29, 0.717) is 0 Å². The number of thiophene rings is 1. The molecular weight excluding hydrogens is 208 g/mol. The molecule has 2 heterocycles. The van der Waals surface area contributed by atoms with Gasteiger partial charge in [-0.3, -0.25) is 4.79 Å². The SMILES string of the molecule is CC1(NC(=O)c2ccsc2)CCNCC1. The van der Waals surface area contributed by atoms with E-state index in [2.05, 4.69) is 17.6 Å². The molecule has 0 atom stereocenters. The van der Waals surface area contributed by atoms with E-state index in [1.807, 2.05) is 16.8 Å². The van der Waals surface area contributed by atoms with Crippen LogP contribution in [0.4, 0.5) is 0 Å². The predicted octanol–water partition coefficient (Wildman–Crippen LogP) is 1.62. The van der Waals surface area contributed by atoms with Gasteiger partial charge in [0.15, 0.2) is 0 Å². The molecule has 82 valence electrons. The van der Waals surface area contributed by atoms with Gasteiger partial charge in [-0.15, -0.1) is 0 Å². The first-order valence-corrected chi connectivity index (χ1v) is 6.19. The predicted molar refractivity (Wildman–Crippen MR) is 62.3 cm³/mol. The normalized spacial score (nSPS) is 19.8. The maximum Gasteiger partial charge on any atom is 0.252 e. The zero-order valence-electron chi connectivity index (χ0n) is 8.88. The minimum atomic E-state index is -0.0374. The minimum absolute atomic E-state index is 0.0374. The van der Waals surface area contributed by atoms with Crippen LogP contribution in [-0.4, -0.2) is 24.5 Å². The fourth-order valence-corrected chi connectivity index (χ4v) is 2.48. The molecule has 0 radical (unpaired) electrons. The lowest BCUT2D eigenvalue weighted by molar-refractivity contribution is 0.0888. The van der Waals surface area contributed by atoms with E-state index in [4.69, 9.17) is 0 Å². The Morgan fingerprint density at radius 1 is 1.53 bits per heavy atom. The van der Waals surface area contributed by atoms with Crippen molar-refractivity contribution in [2.45, 2.75) is 25.3 Å². The van der Waals surface area contributed by atoms with Crippen LogP contribution in [0.1, 0.15) is 30.1 Å². The molecule has 0 spiro atoms. The van der Waals surface area contributed by atoms with E-state index in [1.54, 1.807) is 11.3 Å². The largest absolute Gasteiger partial charge is 0.347 e. The molecule has 0 unspecified atom stereocenters. The number of nitrogens with one attached hydrogen (secondary N) is 2. The Hall–Kier alpha value is -0.870. The number of rotatable bonds is 2. The van der Waals surface area contributed by atoms with Crippen molar-refractivity contribution in [1.82, 2.24) is 10.6 Å². The molecule has 1 fully saturated rings. The highest BCUT2D eigenvalue weighted by molar-refractivity contribution is 7.08. The summed E-state index contributed by atoms with van der Waals surface area (Å²) in [6.07, 6.45) is 2.01. The summed E-state index contributed by atoms with van der Waals surface area (Å²) < 4.78 is 0. The molecule has 2 N–H and O–H groups in total. The summed E-state index contributed by atoms with van der Waals surface area (Å²) >= 11 is 1.56. The molecule has 0 bridgehead atoms. The smallest absolute Gasteiger partial charge is 0.252 e. The first kappa shape index (κ1) is 10.6. The molecule has 1 aliphatic heterocycles. The van der Waals surface area contributed by atoms with Crippen molar-refractivity contribution in [3.05, 3.63) is 22.4 Å². The van der Waals surface area contributed by atoms with Gasteiger partial charge in [0.2, 0.25) is 0 Å². The van der Waals surface area contributed by atoms with Crippen LogP contribution in [0.3, 0.4) is 0 Å². The Morgan fingerprint density at radius 3 is 2.87 bits per heavy atom. The van der Waals surface area contributed by atoms with Crippen LogP contribution in [0, 0.1) is 0 Å². The first-order valence-electron chi connectivity index (χ1n) is 5.25. The Kier molecular flexibility index (Phi) is 3.07. The lowest BCUT2D eigenvalue weighted by Crippen LogP contribution is -2.52. The quantitative estimate of drug-likeness (QED) is 0.801. The Morgan fingerprint density at radius 2 is 2.27 bits per heavy atom. The van der Waals surface area contributed by atoms with Crippen molar-refractivity contribution in [2.24, 2.45) is 0 Å². The van der Waals surface area contributed by atoms with Crippen LogP contribution < -0.4 is 10.6 Å². The van der Waals surface area contributed by atoms with Crippen molar-refractivity contribution < 1.29 is 4.79 Å². The lowest BCUT2D eigenvalue weighted by atomic mass is 9.90. The van der Waals surface area contributed by atoms with Gasteiger partial charge in [-0.25, -0.2) is 0 Å². The van der Waals surface area contributed by atoms with Crippen molar-refractivity contribution in [3.63, 3.8) is 0 Å². The maximum atomic E-state index is 11.9. The summed E-state index contributed by atoms with van der Waals surface area (Å²) in [4.78, 5) is 11.9. The van der Waals surface area contributed by atoms with Crippen LogP contribution in [-0.2, 0) is 0 Å². The highest BCUT2D eigenvalue weighted by Gasteiger charge is 2.28. The highest BCUT2D eigenvalue weighted by atomic mass is 32.1. The van der Waals surface area contributed by atoms with E-state index in [9.17, 15) is 4.79 Å². The maximum absolute atomic E-state index is 11.9. The average Bonchev–Trinajstić information content (AvgIpc) is 2.70. The Balaban J connectivity index is 1.98. The molecule has 1 aliphatic rings. The molecule has 1 saturated heterocycles. The fourth-order valence-electron chi connectivity index (χ4n) is 1.84. The number of carbonyl (C=O) groups is 1. The van der Waals surface area contributed by atoms with Crippen molar-refractivity contribution >= 4 is 17.2 Å². The number of carbonyl (C=O) groups excluding carboxylic acids is 1. The third-order valence-corrected chi connectivity index (χ3v) is 3.59. The topological polar surface area (TPSA) is 41.1 Å². The van der Waals surface area contributed by atoms with Gasteiger partial charge in [-0.05, 0) is 44.3 Å². The molecule has 0 saturated carbocycles. The third kappa shape index (κ3) is 2.58. The molecule has 0 aromatic carbocycles. The summed E-state index contributed by atoms with van der Waals surface area (Å²) in [6.45, 7) is 4.10. The minimum Gasteiger partial charge on any atom is -0.347 e. The van der Waals surface area contributed by atoms with Crippen molar-refractivity contribution in [1.29, 1.82) is 0 Å². The molecule has 1 amide bonds. The van der Waals surface area contributed by atoms with Crippen LogP contribution in [0.2, 0.25) is 0 Å². The number of piperidine rings is 1. The van der Waals surface area contributed by atoms with Gasteiger partial charge in [0, 0.05) is 10.9 Å². The summed E-state index contributed by atoms with van der Waals surface area (Å²) in [7, 11) is 0. The summed E-state index contributed by atoms with van der Waals surface area (Å²) in [5.74, 6) is 0.0562. The zero-order valence-corrected chi connectivity index (χ0v) is 9.69. The summed E-state index contributed by atoms with van der Waals surface area (Å²) in [6, 6.07) is 1.87. The number of hydrogen-bond donors (Lipinski definition) is 2. The molecule has 15 heavy (non-hydrogen) atoms. The first-order chi connectivity index (χ1) is 7.20. The highest BCUT2D eigenvalue weighted by Crippen LogP contribution is 2.18. The molecule has 3 nitrogen and oxygen atoms in total. The Bertz CT molecular complexity index is 328. The van der Waals surface area contributed by atoms with Gasteiger partial charge in [0.05, 0.1) is 5.56 Å². The van der Waals surface area contributed by atoms with Gasteiger partial charge in [-0.2, -0.15) is 11.3 Å². The molecule has 2 rings (SSSR count). The van der Waals surface area contributed by atoms with Gasteiger partial charge in [0.25, 0.3) is 5.91 Å². The summed E-state index contributed by atoms with van der Waals surface area (Å²) in [5.41, 5.74) is 0.740. The van der Waals surface area contributed by atoms with Gasteiger partial charge < -0.3 is 10.6 Å². The van der Waals surface area contributed by atoms with E-state index in [-0.39, 0.29) is 11.4 Å². The van der Waals surface area contributed by atoms with E-state index in [0.717, 1.165) is 31.5 Å². The molecule has 4 heteroatoms. The lowest BCUT2D eigenvalue weighted by Gasteiger charge is -2.34. The van der Waals surface area contributed by atoms with E-state index in [1.165, 1.54) is 0 Å². The fraction of sp³-hybridized carbons (Fsp3) is 0.545. The second-order valence-corrected chi connectivity index (χ2v) is 5.06. The van der Waals surface area contributed by atoms with Crippen molar-refractivity contribution in [3.8, 4) is 0 Å². The van der Waals surface area contributed by atoms with Gasteiger partial charge >= 0.3 is 0 Å². The van der Waals surface area contributed by atoms with Crippen LogP contribution in [0.25, 0.3) is 0 Å². The Labute approximate surface area is 93.9 Å². The van der Waals surface area contributed by atoms with Gasteiger partial charge in [-0.1, -0.05) is 0 Å². The summed E-state index contributed by atoms with van der Waals surface area (Å²) in [5, 5.41) is 10.2. The van der Waals surface area contributed by atoms with Crippen LogP contribution >= 0.6 is 11.3 Å². The van der Waals surface area contributed by atoms with Crippen LogP contribution in [0.5, 0.6) is 0 Å². The van der Waals surface area contributed by atoms with Gasteiger partial charge in [0.1, 0.15) is 0 Å². The van der Waals surface area contributed by atoms with E-state index >= 15 is 0 Å². The average molecular weight is 224 g/mol. The van der Waals surface area contributed by atoms with Crippen molar-refractivity contribution in [2.75, 3.05) is 13.1 Å². The third-order valence-electron chi connectivity index (χ3n) is 2.91. The molecule has 1 aromatic heterocycles. The molecule has 1 aromatic rings.